The summed E-state index contributed by atoms with van der Waals surface area (Å²) < 4.78 is 0. The second-order valence-electron chi connectivity index (χ2n) is 5.55. The lowest BCUT2D eigenvalue weighted by atomic mass is 9.95. The molecule has 0 aromatic rings. The minimum atomic E-state index is 0.178. The molecule has 0 unspecified atom stereocenters. The number of nitrogens with one attached hydrogen (secondary N) is 2. The summed E-state index contributed by atoms with van der Waals surface area (Å²) in [7, 11) is 4.10. The highest BCUT2D eigenvalue weighted by atomic mass is 16.1. The quantitative estimate of drug-likeness (QED) is 0.644. The largest absolute Gasteiger partial charge is 0.356 e. The van der Waals surface area contributed by atoms with Gasteiger partial charge in [0.15, 0.2) is 0 Å². The molecule has 0 aromatic heterocycles. The van der Waals surface area contributed by atoms with Crippen LogP contribution in [0.5, 0.6) is 0 Å². The van der Waals surface area contributed by atoms with Crippen molar-refractivity contribution in [3.63, 3.8) is 0 Å². The van der Waals surface area contributed by atoms with Crippen molar-refractivity contribution >= 4 is 5.91 Å². The molecule has 18 heavy (non-hydrogen) atoms. The van der Waals surface area contributed by atoms with Crippen molar-refractivity contribution in [2.75, 3.05) is 33.7 Å². The van der Waals surface area contributed by atoms with Gasteiger partial charge in [-0.25, -0.2) is 0 Å². The van der Waals surface area contributed by atoms with E-state index < -0.39 is 0 Å². The summed E-state index contributed by atoms with van der Waals surface area (Å²) in [5.41, 5.74) is 0. The Labute approximate surface area is 111 Å². The molecule has 1 saturated carbocycles. The topological polar surface area (TPSA) is 44.4 Å². The standard InChI is InChI=1S/C14H29N3O/c1-17(2)12-6-10-16-14(18)9-11-15-13-7-4-3-5-8-13/h13,15H,3-12H2,1-2H3,(H,16,18). The molecule has 2 N–H and O–H groups in total. The Morgan fingerprint density at radius 3 is 2.56 bits per heavy atom. The molecule has 4 nitrogen and oxygen atoms in total. The predicted octanol–water partition coefficient (Wildman–Crippen LogP) is 1.37. The van der Waals surface area contributed by atoms with Crippen LogP contribution in [0.1, 0.15) is 44.9 Å². The zero-order valence-electron chi connectivity index (χ0n) is 12.0. The zero-order valence-corrected chi connectivity index (χ0v) is 12.0. The van der Waals surface area contributed by atoms with Crippen molar-refractivity contribution in [3.05, 3.63) is 0 Å². The van der Waals surface area contributed by atoms with E-state index in [-0.39, 0.29) is 5.91 Å². The Kier molecular flexibility index (Phi) is 8.01. The van der Waals surface area contributed by atoms with E-state index in [1.807, 2.05) is 0 Å². The maximum atomic E-state index is 11.6. The minimum absolute atomic E-state index is 0.178. The van der Waals surface area contributed by atoms with Gasteiger partial charge in [-0.1, -0.05) is 19.3 Å². The van der Waals surface area contributed by atoms with Crippen LogP contribution >= 0.6 is 0 Å². The SMILES string of the molecule is CN(C)CCCNC(=O)CCNC1CCCCC1. The normalized spacial score (nSPS) is 17.1. The summed E-state index contributed by atoms with van der Waals surface area (Å²) in [6.07, 6.45) is 8.26. The fraction of sp³-hybridized carbons (Fsp3) is 0.929. The van der Waals surface area contributed by atoms with Gasteiger partial charge in [-0.3, -0.25) is 4.79 Å². The molecule has 0 radical (unpaired) electrons. The summed E-state index contributed by atoms with van der Waals surface area (Å²) in [6.45, 7) is 2.64. The van der Waals surface area contributed by atoms with Crippen molar-refractivity contribution < 1.29 is 4.79 Å². The molecule has 1 amide bonds. The number of hydrogen-bond donors (Lipinski definition) is 2. The fourth-order valence-corrected chi connectivity index (χ4v) is 2.41. The Morgan fingerprint density at radius 1 is 1.17 bits per heavy atom. The van der Waals surface area contributed by atoms with Crippen LogP contribution in [-0.2, 0) is 4.79 Å². The molecular weight excluding hydrogens is 226 g/mol. The van der Waals surface area contributed by atoms with E-state index in [4.69, 9.17) is 0 Å². The number of carbonyl (C=O) groups is 1. The highest BCUT2D eigenvalue weighted by molar-refractivity contribution is 5.75. The number of rotatable bonds is 8. The molecule has 106 valence electrons. The molecule has 0 aromatic carbocycles. The molecule has 1 rings (SSSR count). The summed E-state index contributed by atoms with van der Waals surface area (Å²) in [6, 6.07) is 0.653. The first-order valence-corrected chi connectivity index (χ1v) is 7.33. The second-order valence-corrected chi connectivity index (χ2v) is 5.55. The number of nitrogens with zero attached hydrogens (tertiary/aromatic N) is 1. The van der Waals surface area contributed by atoms with Crippen LogP contribution < -0.4 is 10.6 Å². The molecule has 1 aliphatic carbocycles. The van der Waals surface area contributed by atoms with Crippen LogP contribution in [0.2, 0.25) is 0 Å². The Bertz CT molecular complexity index is 225. The van der Waals surface area contributed by atoms with Gasteiger partial charge in [0.2, 0.25) is 5.91 Å². The van der Waals surface area contributed by atoms with Crippen LogP contribution in [0.25, 0.3) is 0 Å². The van der Waals surface area contributed by atoms with Crippen molar-refractivity contribution in [3.8, 4) is 0 Å². The molecule has 0 spiro atoms. The molecule has 0 saturated heterocycles. The average molecular weight is 255 g/mol. The Balaban J connectivity index is 1.92. The molecule has 4 heteroatoms. The third-order valence-corrected chi connectivity index (χ3v) is 3.49. The van der Waals surface area contributed by atoms with E-state index in [0.717, 1.165) is 26.1 Å². The molecule has 0 atom stereocenters. The summed E-state index contributed by atoms with van der Waals surface area (Å²) in [5.74, 6) is 0.178. The molecule has 1 fully saturated rings. The van der Waals surface area contributed by atoms with Crippen LogP contribution in [0.4, 0.5) is 0 Å². The minimum Gasteiger partial charge on any atom is -0.356 e. The van der Waals surface area contributed by atoms with Gasteiger partial charge >= 0.3 is 0 Å². The highest BCUT2D eigenvalue weighted by Crippen LogP contribution is 2.17. The van der Waals surface area contributed by atoms with Crippen LogP contribution in [0.15, 0.2) is 0 Å². The van der Waals surface area contributed by atoms with E-state index in [0.29, 0.717) is 12.5 Å². The second kappa shape index (κ2) is 9.34. The van der Waals surface area contributed by atoms with Gasteiger partial charge in [-0.15, -0.1) is 0 Å². The monoisotopic (exact) mass is 255 g/mol. The first kappa shape index (κ1) is 15.4. The predicted molar refractivity (Wildman–Crippen MR) is 75.7 cm³/mol. The fourth-order valence-electron chi connectivity index (χ4n) is 2.41. The lowest BCUT2D eigenvalue weighted by Gasteiger charge is -2.22. The van der Waals surface area contributed by atoms with Crippen LogP contribution in [-0.4, -0.2) is 50.6 Å². The third-order valence-electron chi connectivity index (χ3n) is 3.49. The van der Waals surface area contributed by atoms with E-state index in [2.05, 4.69) is 29.6 Å². The van der Waals surface area contributed by atoms with E-state index in [9.17, 15) is 4.79 Å². The third kappa shape index (κ3) is 7.67. The smallest absolute Gasteiger partial charge is 0.221 e. The Hall–Kier alpha value is -0.610. The van der Waals surface area contributed by atoms with Crippen molar-refractivity contribution in [2.24, 2.45) is 0 Å². The first-order valence-electron chi connectivity index (χ1n) is 7.33. The van der Waals surface area contributed by atoms with Crippen LogP contribution in [0.3, 0.4) is 0 Å². The highest BCUT2D eigenvalue weighted by Gasteiger charge is 2.12. The molecule has 1 aliphatic rings. The van der Waals surface area contributed by atoms with Gasteiger partial charge in [-0.2, -0.15) is 0 Å². The first-order chi connectivity index (χ1) is 8.68. The van der Waals surface area contributed by atoms with Gasteiger partial charge in [0.05, 0.1) is 0 Å². The van der Waals surface area contributed by atoms with E-state index >= 15 is 0 Å². The van der Waals surface area contributed by atoms with E-state index in [1.165, 1.54) is 32.1 Å². The van der Waals surface area contributed by atoms with Crippen molar-refractivity contribution in [2.45, 2.75) is 51.0 Å². The molecule has 0 heterocycles. The summed E-state index contributed by atoms with van der Waals surface area (Å²) >= 11 is 0. The Morgan fingerprint density at radius 2 is 1.89 bits per heavy atom. The molecular formula is C14H29N3O. The number of carbonyl (C=O) groups excluding carboxylic acids is 1. The lowest BCUT2D eigenvalue weighted by Crippen LogP contribution is -2.35. The van der Waals surface area contributed by atoms with Gasteiger partial charge in [0.1, 0.15) is 0 Å². The molecule has 0 aliphatic heterocycles. The number of hydrogen-bond acceptors (Lipinski definition) is 3. The summed E-state index contributed by atoms with van der Waals surface area (Å²) in [4.78, 5) is 13.7. The maximum absolute atomic E-state index is 11.6. The summed E-state index contributed by atoms with van der Waals surface area (Å²) in [5, 5.41) is 6.46. The average Bonchev–Trinajstić information content (AvgIpc) is 2.36. The zero-order chi connectivity index (χ0) is 13.2. The molecule has 0 bridgehead atoms. The van der Waals surface area contributed by atoms with Gasteiger partial charge < -0.3 is 15.5 Å². The lowest BCUT2D eigenvalue weighted by molar-refractivity contribution is -0.121. The van der Waals surface area contributed by atoms with Gasteiger partial charge in [-0.05, 0) is 39.9 Å². The number of amides is 1. The van der Waals surface area contributed by atoms with E-state index in [1.54, 1.807) is 0 Å². The van der Waals surface area contributed by atoms with Crippen molar-refractivity contribution in [1.29, 1.82) is 0 Å². The van der Waals surface area contributed by atoms with Crippen LogP contribution in [0, 0.1) is 0 Å². The van der Waals surface area contributed by atoms with Crippen molar-refractivity contribution in [1.82, 2.24) is 15.5 Å². The van der Waals surface area contributed by atoms with Gasteiger partial charge in [0.25, 0.3) is 0 Å². The van der Waals surface area contributed by atoms with Gasteiger partial charge in [0, 0.05) is 25.6 Å². The maximum Gasteiger partial charge on any atom is 0.221 e.